The highest BCUT2D eigenvalue weighted by atomic mass is 16.6. The summed E-state index contributed by atoms with van der Waals surface area (Å²) in [5, 5.41) is 5.93. The summed E-state index contributed by atoms with van der Waals surface area (Å²) in [6.45, 7) is 5.09. The second-order valence-corrected chi connectivity index (χ2v) is 4.94. The number of carbonyl (C=O) groups is 1. The topological polar surface area (TPSA) is 72.5 Å². The van der Waals surface area contributed by atoms with Crippen LogP contribution < -0.4 is 20.1 Å². The van der Waals surface area contributed by atoms with Gasteiger partial charge < -0.3 is 20.1 Å². The molecule has 1 amide bonds. The molecule has 0 spiro atoms. The van der Waals surface area contributed by atoms with Crippen LogP contribution in [0.2, 0.25) is 0 Å². The third-order valence-corrected chi connectivity index (χ3v) is 3.24. The van der Waals surface area contributed by atoms with Crippen molar-refractivity contribution in [3.8, 4) is 11.5 Å². The molecule has 0 bridgehead atoms. The summed E-state index contributed by atoms with van der Waals surface area (Å²) in [5.74, 6) is 1.25. The highest BCUT2D eigenvalue weighted by Gasteiger charge is 2.12. The van der Waals surface area contributed by atoms with Crippen LogP contribution >= 0.6 is 0 Å². The van der Waals surface area contributed by atoms with Gasteiger partial charge in [-0.1, -0.05) is 6.08 Å². The number of carbonyl (C=O) groups excluding carboxylic acids is 1. The number of aromatic nitrogens is 1. The zero-order valence-corrected chi connectivity index (χ0v) is 12.5. The van der Waals surface area contributed by atoms with Crippen LogP contribution in [0.4, 0.5) is 11.4 Å². The average Bonchev–Trinajstić information content (AvgIpc) is 2.60. The van der Waals surface area contributed by atoms with E-state index < -0.39 is 0 Å². The normalized spacial score (nSPS) is 12.3. The Balaban J connectivity index is 1.75. The van der Waals surface area contributed by atoms with Gasteiger partial charge in [0.2, 0.25) is 0 Å². The summed E-state index contributed by atoms with van der Waals surface area (Å²) >= 11 is 0. The maximum absolute atomic E-state index is 11.9. The van der Waals surface area contributed by atoms with E-state index in [2.05, 4.69) is 22.2 Å². The van der Waals surface area contributed by atoms with Crippen molar-refractivity contribution in [2.24, 2.45) is 0 Å². The van der Waals surface area contributed by atoms with E-state index in [0.29, 0.717) is 36.8 Å². The lowest BCUT2D eigenvalue weighted by atomic mass is 10.2. The molecular formula is C17H17N3O3. The molecule has 23 heavy (non-hydrogen) atoms. The third-order valence-electron chi connectivity index (χ3n) is 3.24. The van der Waals surface area contributed by atoms with Gasteiger partial charge in [0.25, 0.3) is 5.91 Å². The van der Waals surface area contributed by atoms with Crippen LogP contribution in [0.25, 0.3) is 0 Å². The molecular weight excluding hydrogens is 294 g/mol. The fraction of sp³-hybridized carbons (Fsp3) is 0.176. The minimum absolute atomic E-state index is 0.191. The minimum atomic E-state index is -0.191. The van der Waals surface area contributed by atoms with Crippen molar-refractivity contribution in [3.63, 3.8) is 0 Å². The molecule has 1 aliphatic heterocycles. The molecule has 0 unspecified atom stereocenters. The van der Waals surface area contributed by atoms with Gasteiger partial charge in [-0.3, -0.25) is 9.78 Å². The second-order valence-electron chi connectivity index (χ2n) is 4.94. The fourth-order valence-corrected chi connectivity index (χ4v) is 2.19. The average molecular weight is 311 g/mol. The lowest BCUT2D eigenvalue weighted by Gasteiger charge is -2.19. The van der Waals surface area contributed by atoms with Gasteiger partial charge in [0, 0.05) is 24.5 Å². The SMILES string of the molecule is C=CCNC(=O)c1cncc(Nc2ccc3c(c2)OCCO3)c1. The number of nitrogens with zero attached hydrogens (tertiary/aromatic N) is 1. The Labute approximate surface area is 134 Å². The van der Waals surface area contributed by atoms with Gasteiger partial charge >= 0.3 is 0 Å². The maximum Gasteiger partial charge on any atom is 0.253 e. The molecule has 0 saturated heterocycles. The van der Waals surface area contributed by atoms with Crippen molar-refractivity contribution >= 4 is 17.3 Å². The minimum Gasteiger partial charge on any atom is -0.486 e. The number of pyridine rings is 1. The molecule has 6 nitrogen and oxygen atoms in total. The lowest BCUT2D eigenvalue weighted by Crippen LogP contribution is -2.23. The standard InChI is InChI=1S/C17H17N3O3/c1-2-5-19-17(21)12-8-14(11-18-10-12)20-13-3-4-15-16(9-13)23-7-6-22-15/h2-4,8-11,20H,1,5-7H2,(H,19,21). The van der Waals surface area contributed by atoms with Crippen LogP contribution in [-0.2, 0) is 0 Å². The number of benzene rings is 1. The van der Waals surface area contributed by atoms with Crippen molar-refractivity contribution < 1.29 is 14.3 Å². The molecule has 0 atom stereocenters. The van der Waals surface area contributed by atoms with E-state index >= 15 is 0 Å². The molecule has 2 aromatic rings. The number of hydrogen-bond acceptors (Lipinski definition) is 5. The maximum atomic E-state index is 11.9. The summed E-state index contributed by atoms with van der Waals surface area (Å²) < 4.78 is 11.0. The summed E-state index contributed by atoms with van der Waals surface area (Å²) in [7, 11) is 0. The van der Waals surface area contributed by atoms with Crippen LogP contribution in [0.3, 0.4) is 0 Å². The molecule has 0 fully saturated rings. The number of hydrogen-bond donors (Lipinski definition) is 2. The molecule has 6 heteroatoms. The first-order valence-electron chi connectivity index (χ1n) is 7.27. The number of anilines is 2. The second kappa shape index (κ2) is 6.83. The van der Waals surface area contributed by atoms with E-state index in [1.165, 1.54) is 6.20 Å². The van der Waals surface area contributed by atoms with Gasteiger partial charge in [0.05, 0.1) is 17.4 Å². The van der Waals surface area contributed by atoms with E-state index in [0.717, 1.165) is 11.4 Å². The largest absolute Gasteiger partial charge is 0.486 e. The predicted octanol–water partition coefficient (Wildman–Crippen LogP) is 2.51. The zero-order valence-electron chi connectivity index (χ0n) is 12.5. The molecule has 0 radical (unpaired) electrons. The van der Waals surface area contributed by atoms with E-state index in [-0.39, 0.29) is 5.91 Å². The zero-order chi connectivity index (χ0) is 16.1. The van der Waals surface area contributed by atoms with E-state index in [9.17, 15) is 4.79 Å². The Kier molecular flexibility index (Phi) is 4.42. The smallest absolute Gasteiger partial charge is 0.253 e. The van der Waals surface area contributed by atoms with Gasteiger partial charge in [0.15, 0.2) is 11.5 Å². The van der Waals surface area contributed by atoms with Crippen molar-refractivity contribution in [3.05, 3.63) is 54.9 Å². The summed E-state index contributed by atoms with van der Waals surface area (Å²) in [6.07, 6.45) is 4.80. The van der Waals surface area contributed by atoms with Crippen LogP contribution in [0.15, 0.2) is 49.3 Å². The third kappa shape index (κ3) is 3.60. The highest BCUT2D eigenvalue weighted by Crippen LogP contribution is 2.33. The number of amides is 1. The van der Waals surface area contributed by atoms with Crippen LogP contribution in [0.5, 0.6) is 11.5 Å². The van der Waals surface area contributed by atoms with E-state index in [4.69, 9.17) is 9.47 Å². The van der Waals surface area contributed by atoms with Crippen LogP contribution in [0, 0.1) is 0 Å². The van der Waals surface area contributed by atoms with Gasteiger partial charge in [0.1, 0.15) is 13.2 Å². The molecule has 1 aromatic heterocycles. The van der Waals surface area contributed by atoms with Crippen LogP contribution in [0.1, 0.15) is 10.4 Å². The Morgan fingerprint density at radius 1 is 1.17 bits per heavy atom. The van der Waals surface area contributed by atoms with Crippen molar-refractivity contribution in [1.29, 1.82) is 0 Å². The molecule has 2 N–H and O–H groups in total. The lowest BCUT2D eigenvalue weighted by molar-refractivity contribution is 0.0957. The van der Waals surface area contributed by atoms with Crippen molar-refractivity contribution in [1.82, 2.24) is 10.3 Å². The molecule has 1 aliphatic rings. The number of nitrogens with one attached hydrogen (secondary N) is 2. The number of fused-ring (bicyclic) bond motifs is 1. The summed E-state index contributed by atoms with van der Waals surface area (Å²) in [6, 6.07) is 7.34. The van der Waals surface area contributed by atoms with E-state index in [1.54, 1.807) is 18.3 Å². The van der Waals surface area contributed by atoms with Crippen molar-refractivity contribution in [2.45, 2.75) is 0 Å². The van der Waals surface area contributed by atoms with Gasteiger partial charge in [-0.25, -0.2) is 0 Å². The molecule has 2 heterocycles. The summed E-state index contributed by atoms with van der Waals surface area (Å²) in [4.78, 5) is 16.0. The number of ether oxygens (including phenoxy) is 2. The van der Waals surface area contributed by atoms with Gasteiger partial charge in [-0.2, -0.15) is 0 Å². The highest BCUT2D eigenvalue weighted by molar-refractivity contribution is 5.94. The van der Waals surface area contributed by atoms with Gasteiger partial charge in [-0.05, 0) is 18.2 Å². The first-order valence-corrected chi connectivity index (χ1v) is 7.27. The molecule has 3 rings (SSSR count). The first kappa shape index (κ1) is 14.9. The first-order chi connectivity index (χ1) is 11.3. The molecule has 0 aliphatic carbocycles. The van der Waals surface area contributed by atoms with Crippen molar-refractivity contribution in [2.75, 3.05) is 25.1 Å². The van der Waals surface area contributed by atoms with Gasteiger partial charge in [-0.15, -0.1) is 6.58 Å². The summed E-state index contributed by atoms with van der Waals surface area (Å²) in [5.41, 5.74) is 2.03. The quantitative estimate of drug-likeness (QED) is 0.830. The Bertz CT molecular complexity index is 731. The predicted molar refractivity (Wildman–Crippen MR) is 87.5 cm³/mol. The van der Waals surface area contributed by atoms with Crippen LogP contribution in [-0.4, -0.2) is 30.6 Å². The fourth-order valence-electron chi connectivity index (χ4n) is 2.19. The monoisotopic (exact) mass is 311 g/mol. The molecule has 118 valence electrons. The Morgan fingerprint density at radius 2 is 2.00 bits per heavy atom. The molecule has 0 saturated carbocycles. The number of rotatable bonds is 5. The van der Waals surface area contributed by atoms with E-state index in [1.807, 2.05) is 18.2 Å². The Morgan fingerprint density at radius 3 is 2.83 bits per heavy atom. The molecule has 1 aromatic carbocycles. The Hall–Kier alpha value is -3.02.